The van der Waals surface area contributed by atoms with Crippen LogP contribution in [-0.4, -0.2) is 69.6 Å². The molecule has 0 saturated heterocycles. The smallest absolute Gasteiger partial charge is 0.159 e. The van der Waals surface area contributed by atoms with E-state index in [1.807, 2.05) is 19.0 Å². The molecule has 1 fully saturated rings. The lowest BCUT2D eigenvalue weighted by molar-refractivity contribution is -0.0566. The van der Waals surface area contributed by atoms with Gasteiger partial charge in [0.2, 0.25) is 0 Å². The normalized spacial score (nSPS) is 41.0. The fraction of sp³-hybridized carbons (Fsp3) is 0.909. The Kier molecular flexibility index (Phi) is 3.97. The molecule has 1 aliphatic carbocycles. The summed E-state index contributed by atoms with van der Waals surface area (Å²) in [7, 11) is 3.86. The molecule has 0 amide bonds. The molecule has 17 heavy (non-hydrogen) atoms. The van der Waals surface area contributed by atoms with Crippen LogP contribution < -0.4 is 0 Å². The molecule has 5 nitrogen and oxygen atoms in total. The summed E-state index contributed by atoms with van der Waals surface area (Å²) >= 11 is 1.66. The number of aliphatic hydroxyl groups excluding tert-OH is 3. The van der Waals surface area contributed by atoms with Crippen molar-refractivity contribution in [1.82, 2.24) is 4.90 Å². The summed E-state index contributed by atoms with van der Waals surface area (Å²) in [6.45, 7) is 0.0535. The lowest BCUT2D eigenvalue weighted by atomic mass is 9.79. The van der Waals surface area contributed by atoms with Gasteiger partial charge >= 0.3 is 0 Å². The number of nitrogens with zero attached hydrogens (tertiary/aromatic N) is 2. The third kappa shape index (κ3) is 2.45. The Morgan fingerprint density at radius 1 is 1.35 bits per heavy atom. The molecule has 3 N–H and O–H groups in total. The van der Waals surface area contributed by atoms with Crippen LogP contribution in [-0.2, 0) is 0 Å². The molecule has 0 spiro atoms. The molecule has 1 heterocycles. The lowest BCUT2D eigenvalue weighted by Crippen LogP contribution is -2.50. The Balaban J connectivity index is 2.10. The summed E-state index contributed by atoms with van der Waals surface area (Å²) in [5, 5.41) is 30.2. The van der Waals surface area contributed by atoms with Crippen molar-refractivity contribution in [3.8, 4) is 0 Å². The van der Waals surface area contributed by atoms with Crippen LogP contribution in [0.4, 0.5) is 0 Å². The monoisotopic (exact) mass is 260 g/mol. The summed E-state index contributed by atoms with van der Waals surface area (Å²) in [5.41, 5.74) is 0. The van der Waals surface area contributed by atoms with E-state index in [2.05, 4.69) is 4.99 Å². The first-order valence-electron chi connectivity index (χ1n) is 5.93. The minimum absolute atomic E-state index is 0.0273. The topological polar surface area (TPSA) is 76.3 Å². The summed E-state index contributed by atoms with van der Waals surface area (Å²) in [5.74, 6) is -0.0273. The van der Waals surface area contributed by atoms with E-state index in [-0.39, 0.29) is 23.8 Å². The van der Waals surface area contributed by atoms with Crippen LogP contribution in [0.25, 0.3) is 0 Å². The second-order valence-electron chi connectivity index (χ2n) is 4.94. The fourth-order valence-corrected chi connectivity index (χ4v) is 3.89. The van der Waals surface area contributed by atoms with Crippen LogP contribution in [0.1, 0.15) is 12.8 Å². The highest BCUT2D eigenvalue weighted by atomic mass is 32.2. The van der Waals surface area contributed by atoms with Gasteiger partial charge in [0.1, 0.15) is 6.10 Å². The van der Waals surface area contributed by atoms with Gasteiger partial charge in [-0.15, -0.1) is 0 Å². The van der Waals surface area contributed by atoms with Gasteiger partial charge < -0.3 is 20.2 Å². The number of hydrogen-bond acceptors (Lipinski definition) is 6. The molecule has 0 unspecified atom stereocenters. The molecule has 0 radical (unpaired) electrons. The first-order valence-corrected chi connectivity index (χ1v) is 6.81. The number of amidine groups is 1. The van der Waals surface area contributed by atoms with Crippen LogP contribution in [0, 0.1) is 5.92 Å². The standard InChI is InChI=1S/C11H20N2O3S/c1-13(2)11-12-8-7(17-11)5-6(3-4-14)9(15)10(8)16/h6-10,14-16H,3-5H2,1-2H3/t6-,7+,8+,9-,10-/m1/s1. The highest BCUT2D eigenvalue weighted by Crippen LogP contribution is 2.41. The van der Waals surface area contributed by atoms with E-state index in [0.29, 0.717) is 6.42 Å². The average molecular weight is 260 g/mol. The molecule has 98 valence electrons. The van der Waals surface area contributed by atoms with Crippen molar-refractivity contribution in [3.05, 3.63) is 0 Å². The molecule has 0 aromatic carbocycles. The van der Waals surface area contributed by atoms with Crippen LogP contribution in [0.5, 0.6) is 0 Å². The van der Waals surface area contributed by atoms with Crippen LogP contribution >= 0.6 is 11.8 Å². The maximum absolute atomic E-state index is 10.1. The molecule has 5 atom stereocenters. The maximum atomic E-state index is 10.1. The van der Waals surface area contributed by atoms with Crippen LogP contribution in [0.2, 0.25) is 0 Å². The predicted molar refractivity (Wildman–Crippen MR) is 68.1 cm³/mol. The second-order valence-corrected chi connectivity index (χ2v) is 6.15. The molecule has 6 heteroatoms. The maximum Gasteiger partial charge on any atom is 0.159 e. The van der Waals surface area contributed by atoms with E-state index in [4.69, 9.17) is 5.11 Å². The quantitative estimate of drug-likeness (QED) is 0.625. The Morgan fingerprint density at radius 2 is 2.06 bits per heavy atom. The van der Waals surface area contributed by atoms with Crippen molar-refractivity contribution in [2.45, 2.75) is 36.3 Å². The molecule has 1 aliphatic heterocycles. The summed E-state index contributed by atoms with van der Waals surface area (Å²) in [4.78, 5) is 6.40. The van der Waals surface area contributed by atoms with Gasteiger partial charge in [0.05, 0.1) is 12.1 Å². The molecular weight excluding hydrogens is 240 g/mol. The van der Waals surface area contributed by atoms with Crippen LogP contribution in [0.15, 0.2) is 4.99 Å². The average Bonchev–Trinajstić information content (AvgIpc) is 2.70. The van der Waals surface area contributed by atoms with Gasteiger partial charge in [-0.3, -0.25) is 4.99 Å². The third-order valence-corrected chi connectivity index (χ3v) is 4.95. The molecule has 2 rings (SSSR count). The number of thioether (sulfide) groups is 1. The molecule has 0 aromatic rings. The van der Waals surface area contributed by atoms with E-state index < -0.39 is 12.2 Å². The zero-order chi connectivity index (χ0) is 12.6. The molecule has 2 aliphatic rings. The predicted octanol–water partition coefficient (Wildman–Crippen LogP) is -0.488. The van der Waals surface area contributed by atoms with Gasteiger partial charge in [-0.05, 0) is 18.8 Å². The largest absolute Gasteiger partial charge is 0.396 e. The minimum Gasteiger partial charge on any atom is -0.396 e. The SMILES string of the molecule is CN(C)C1=N[C@@H]2[C@@H](O)[C@H](O)[C@H](CCO)C[C@@H]2S1. The van der Waals surface area contributed by atoms with Gasteiger partial charge in [-0.2, -0.15) is 0 Å². The van der Waals surface area contributed by atoms with Gasteiger partial charge in [0.15, 0.2) is 5.17 Å². The Labute approximate surface area is 106 Å². The lowest BCUT2D eigenvalue weighted by Gasteiger charge is -2.37. The number of fused-ring (bicyclic) bond motifs is 1. The van der Waals surface area contributed by atoms with Crippen molar-refractivity contribution in [3.63, 3.8) is 0 Å². The summed E-state index contributed by atoms with van der Waals surface area (Å²) < 4.78 is 0. The van der Waals surface area contributed by atoms with Crippen molar-refractivity contribution in [2.75, 3.05) is 20.7 Å². The highest BCUT2D eigenvalue weighted by Gasteiger charge is 2.46. The molecule has 1 saturated carbocycles. The van der Waals surface area contributed by atoms with E-state index in [9.17, 15) is 10.2 Å². The van der Waals surface area contributed by atoms with Crippen LogP contribution in [0.3, 0.4) is 0 Å². The third-order valence-electron chi connectivity index (χ3n) is 3.50. The number of aliphatic hydroxyl groups is 3. The Bertz CT molecular complexity index is 311. The van der Waals surface area contributed by atoms with Gasteiger partial charge in [-0.25, -0.2) is 0 Å². The zero-order valence-electron chi connectivity index (χ0n) is 10.2. The van der Waals surface area contributed by atoms with E-state index in [0.717, 1.165) is 11.6 Å². The second kappa shape index (κ2) is 5.14. The molecule has 0 bridgehead atoms. The number of aliphatic imine (C=N–C) groups is 1. The van der Waals surface area contributed by atoms with Gasteiger partial charge in [0, 0.05) is 26.0 Å². The van der Waals surface area contributed by atoms with Crippen molar-refractivity contribution in [1.29, 1.82) is 0 Å². The van der Waals surface area contributed by atoms with Gasteiger partial charge in [-0.1, -0.05) is 11.8 Å². The van der Waals surface area contributed by atoms with E-state index in [1.165, 1.54) is 0 Å². The zero-order valence-corrected chi connectivity index (χ0v) is 11.0. The Morgan fingerprint density at radius 3 is 2.65 bits per heavy atom. The van der Waals surface area contributed by atoms with Crippen molar-refractivity contribution < 1.29 is 15.3 Å². The first kappa shape index (κ1) is 13.1. The van der Waals surface area contributed by atoms with E-state index in [1.54, 1.807) is 11.8 Å². The van der Waals surface area contributed by atoms with Crippen molar-refractivity contribution >= 4 is 16.9 Å². The van der Waals surface area contributed by atoms with Gasteiger partial charge in [0.25, 0.3) is 0 Å². The summed E-state index contributed by atoms with van der Waals surface area (Å²) in [6.07, 6.45) is -0.238. The minimum atomic E-state index is -0.810. The molecule has 0 aromatic heterocycles. The number of hydrogen-bond donors (Lipinski definition) is 3. The number of rotatable bonds is 2. The molecular formula is C11H20N2O3S. The summed E-state index contributed by atoms with van der Waals surface area (Å²) in [6, 6.07) is -0.206. The van der Waals surface area contributed by atoms with Crippen molar-refractivity contribution in [2.24, 2.45) is 10.9 Å². The van der Waals surface area contributed by atoms with E-state index >= 15 is 0 Å². The Hall–Kier alpha value is -0.300. The fourth-order valence-electron chi connectivity index (χ4n) is 2.52. The highest BCUT2D eigenvalue weighted by molar-refractivity contribution is 8.14. The first-order chi connectivity index (χ1) is 8.04.